The number of carbonyl (C=O) groups is 3. The number of benzene rings is 3. The van der Waals surface area contributed by atoms with Crippen LogP contribution in [0.2, 0.25) is 5.02 Å². The predicted octanol–water partition coefficient (Wildman–Crippen LogP) is 7.50. The molecule has 0 atom stereocenters. The molecule has 9 nitrogen and oxygen atoms in total. The van der Waals surface area contributed by atoms with Gasteiger partial charge in [0.2, 0.25) is 11.7 Å². The summed E-state index contributed by atoms with van der Waals surface area (Å²) in [5.41, 5.74) is -1.37. The van der Waals surface area contributed by atoms with Crippen LogP contribution in [0.15, 0.2) is 70.0 Å². The fourth-order valence-corrected chi connectivity index (χ4v) is 4.69. The molecule has 0 saturated carbocycles. The number of rotatable bonds is 7. The van der Waals surface area contributed by atoms with Crippen molar-refractivity contribution < 1.29 is 37.2 Å². The Labute approximate surface area is 241 Å². The Bertz CT molecular complexity index is 1580. The van der Waals surface area contributed by atoms with Crippen LogP contribution in [0.1, 0.15) is 11.1 Å². The van der Waals surface area contributed by atoms with Crippen LogP contribution in [0.25, 0.3) is 6.08 Å². The van der Waals surface area contributed by atoms with Crippen molar-refractivity contribution in [2.24, 2.45) is 0 Å². The quantitative estimate of drug-likeness (QED) is 0.159. The van der Waals surface area contributed by atoms with Crippen molar-refractivity contribution in [1.82, 2.24) is 4.90 Å². The zero-order chi connectivity index (χ0) is 29.2. The molecule has 0 radical (unpaired) electrons. The van der Waals surface area contributed by atoms with Crippen molar-refractivity contribution in [3.63, 3.8) is 0 Å². The summed E-state index contributed by atoms with van der Waals surface area (Å²) in [6, 6.07) is 12.4. The van der Waals surface area contributed by atoms with Crippen molar-refractivity contribution in [3.05, 3.63) is 96.3 Å². The molecule has 0 unspecified atom stereocenters. The van der Waals surface area contributed by atoms with Crippen LogP contribution < -0.4 is 10.1 Å². The lowest BCUT2D eigenvalue weighted by Gasteiger charge is -2.12. The number of anilines is 1. The van der Waals surface area contributed by atoms with Crippen molar-refractivity contribution in [1.29, 1.82) is 0 Å². The number of halogens is 5. The molecule has 1 N–H and O–H groups in total. The molecule has 40 heavy (non-hydrogen) atoms. The van der Waals surface area contributed by atoms with Crippen LogP contribution in [0.4, 0.5) is 29.3 Å². The van der Waals surface area contributed by atoms with Gasteiger partial charge in [-0.2, -0.15) is 13.2 Å². The van der Waals surface area contributed by atoms with Crippen LogP contribution in [0, 0.1) is 10.1 Å². The average Bonchev–Trinajstić information content (AvgIpc) is 3.13. The van der Waals surface area contributed by atoms with E-state index in [1.807, 2.05) is 0 Å². The first kappa shape index (κ1) is 29.1. The molecule has 1 saturated heterocycles. The number of amides is 3. The summed E-state index contributed by atoms with van der Waals surface area (Å²) in [5.74, 6) is -1.74. The summed E-state index contributed by atoms with van der Waals surface area (Å²) >= 11 is 9.84. The third-order valence-electron chi connectivity index (χ3n) is 5.25. The van der Waals surface area contributed by atoms with E-state index in [4.69, 9.17) is 16.3 Å². The van der Waals surface area contributed by atoms with Crippen LogP contribution >= 0.6 is 39.3 Å². The van der Waals surface area contributed by atoms with Crippen molar-refractivity contribution >= 4 is 73.8 Å². The second kappa shape index (κ2) is 11.7. The topological polar surface area (TPSA) is 119 Å². The van der Waals surface area contributed by atoms with Gasteiger partial charge in [-0.15, -0.1) is 0 Å². The molecule has 3 aromatic rings. The van der Waals surface area contributed by atoms with E-state index >= 15 is 0 Å². The lowest BCUT2D eigenvalue weighted by Crippen LogP contribution is -2.36. The van der Waals surface area contributed by atoms with Crippen LogP contribution in [0.3, 0.4) is 0 Å². The molecular formula is C25H14BrClF3N3O6S. The Morgan fingerprint density at radius 1 is 1.15 bits per heavy atom. The number of nitro groups is 1. The summed E-state index contributed by atoms with van der Waals surface area (Å²) in [4.78, 5) is 48.8. The van der Waals surface area contributed by atoms with Gasteiger partial charge in [-0.3, -0.25) is 29.4 Å². The monoisotopic (exact) mass is 655 g/mol. The number of thioether (sulfide) groups is 1. The number of hydrogen-bond acceptors (Lipinski definition) is 7. The average molecular weight is 657 g/mol. The second-order valence-corrected chi connectivity index (χ2v) is 10.3. The van der Waals surface area contributed by atoms with Gasteiger partial charge in [-0.25, -0.2) is 0 Å². The molecule has 3 amide bonds. The zero-order valence-corrected chi connectivity index (χ0v) is 22.9. The summed E-state index contributed by atoms with van der Waals surface area (Å²) < 4.78 is 45.0. The maximum atomic E-state index is 13.0. The Hall–Kier alpha value is -3.88. The van der Waals surface area contributed by atoms with Gasteiger partial charge in [0.1, 0.15) is 12.3 Å². The van der Waals surface area contributed by atoms with Crippen molar-refractivity contribution in [2.75, 3.05) is 11.9 Å². The number of nitrogens with zero attached hydrogens (tertiary/aromatic N) is 2. The number of imide groups is 1. The number of alkyl halides is 3. The standard InChI is InChI=1S/C25H14BrClF3N3O6S/c26-17-6-5-15(11-18(17)27)31-22(34)12-32-23(35)21(40-24(32)36)9-13-2-1-3-16(8-13)39-20-7-4-14(25(28,29)30)10-19(20)33(37)38/h1-11H,12H2,(H,31,34)/b21-9+. The van der Waals surface area contributed by atoms with E-state index in [0.717, 1.165) is 11.0 Å². The van der Waals surface area contributed by atoms with Crippen molar-refractivity contribution in [2.45, 2.75) is 6.18 Å². The minimum Gasteiger partial charge on any atom is -0.450 e. The van der Waals surface area contributed by atoms with Crippen molar-refractivity contribution in [3.8, 4) is 11.5 Å². The number of nitrogens with one attached hydrogen (secondary N) is 1. The van der Waals surface area contributed by atoms with Gasteiger partial charge in [-0.1, -0.05) is 23.7 Å². The Morgan fingerprint density at radius 2 is 1.90 bits per heavy atom. The Balaban J connectivity index is 1.48. The van der Waals surface area contributed by atoms with Gasteiger partial charge >= 0.3 is 11.9 Å². The van der Waals surface area contributed by atoms with E-state index in [1.54, 1.807) is 18.2 Å². The Kier molecular flexibility index (Phi) is 8.51. The van der Waals surface area contributed by atoms with Gasteiger partial charge in [0.25, 0.3) is 11.1 Å². The van der Waals surface area contributed by atoms with E-state index in [-0.39, 0.29) is 10.7 Å². The molecule has 206 valence electrons. The maximum absolute atomic E-state index is 13.0. The maximum Gasteiger partial charge on any atom is 0.416 e. The third kappa shape index (κ3) is 6.81. The molecule has 0 aliphatic carbocycles. The highest BCUT2D eigenvalue weighted by molar-refractivity contribution is 9.10. The minimum atomic E-state index is -4.78. The first-order valence-corrected chi connectivity index (χ1v) is 12.9. The van der Waals surface area contributed by atoms with Gasteiger partial charge in [-0.05, 0) is 81.8 Å². The summed E-state index contributed by atoms with van der Waals surface area (Å²) in [6.45, 7) is -0.545. The van der Waals surface area contributed by atoms with E-state index in [0.29, 0.717) is 44.6 Å². The predicted molar refractivity (Wildman–Crippen MR) is 145 cm³/mol. The molecule has 1 aliphatic rings. The molecule has 1 heterocycles. The van der Waals surface area contributed by atoms with Gasteiger partial charge in [0.05, 0.1) is 20.4 Å². The number of carbonyl (C=O) groups excluding carboxylic acids is 3. The van der Waals surface area contributed by atoms with Gasteiger partial charge < -0.3 is 10.1 Å². The van der Waals surface area contributed by atoms with Gasteiger partial charge in [0, 0.05) is 16.2 Å². The number of nitro benzene ring substituents is 1. The highest BCUT2D eigenvalue weighted by Crippen LogP contribution is 2.38. The van der Waals surface area contributed by atoms with Crippen LogP contribution in [-0.2, 0) is 15.8 Å². The molecule has 3 aromatic carbocycles. The molecular weight excluding hydrogens is 643 g/mol. The number of hydrogen-bond donors (Lipinski definition) is 1. The molecule has 0 bridgehead atoms. The minimum absolute atomic E-state index is 0.00199. The lowest BCUT2D eigenvalue weighted by molar-refractivity contribution is -0.385. The summed E-state index contributed by atoms with van der Waals surface area (Å²) in [6.07, 6.45) is -3.43. The summed E-state index contributed by atoms with van der Waals surface area (Å²) in [7, 11) is 0. The molecule has 1 fully saturated rings. The summed E-state index contributed by atoms with van der Waals surface area (Å²) in [5, 5.41) is 13.6. The molecule has 15 heteroatoms. The Morgan fingerprint density at radius 3 is 2.58 bits per heavy atom. The fraction of sp³-hybridized carbons (Fsp3) is 0.0800. The molecule has 0 spiro atoms. The highest BCUT2D eigenvalue weighted by atomic mass is 79.9. The third-order valence-corrected chi connectivity index (χ3v) is 7.39. The van der Waals surface area contributed by atoms with E-state index in [2.05, 4.69) is 21.2 Å². The van der Waals surface area contributed by atoms with Gasteiger partial charge in [0.15, 0.2) is 0 Å². The van der Waals surface area contributed by atoms with Crippen LogP contribution in [0.5, 0.6) is 11.5 Å². The molecule has 1 aliphatic heterocycles. The van der Waals surface area contributed by atoms with E-state index in [9.17, 15) is 37.7 Å². The van der Waals surface area contributed by atoms with E-state index in [1.165, 1.54) is 30.3 Å². The highest BCUT2D eigenvalue weighted by Gasteiger charge is 2.36. The molecule has 0 aromatic heterocycles. The SMILES string of the molecule is O=C(CN1C(=O)S/C(=C/c2cccc(Oc3ccc(C(F)(F)F)cc3[N+](=O)[O-])c2)C1=O)Nc1ccc(Br)c(Cl)c1. The smallest absolute Gasteiger partial charge is 0.416 e. The number of ether oxygens (including phenoxy) is 1. The first-order valence-electron chi connectivity index (χ1n) is 11.0. The van der Waals surface area contributed by atoms with E-state index < -0.39 is 51.7 Å². The molecule has 4 rings (SSSR count). The second-order valence-electron chi connectivity index (χ2n) is 8.06. The zero-order valence-electron chi connectivity index (χ0n) is 19.7. The van der Waals surface area contributed by atoms with Crippen LogP contribution in [-0.4, -0.2) is 33.4 Å². The fourth-order valence-electron chi connectivity index (χ4n) is 3.42. The first-order chi connectivity index (χ1) is 18.8. The normalized spacial score (nSPS) is 14.5. The largest absolute Gasteiger partial charge is 0.450 e. The lowest BCUT2D eigenvalue weighted by atomic mass is 10.1.